The first-order chi connectivity index (χ1) is 13.7. The normalized spacial score (nSPS) is 12.7. The molecule has 1 N–H and O–H groups in total. The number of benzene rings is 1. The van der Waals surface area contributed by atoms with E-state index in [-0.39, 0.29) is 16.7 Å². The van der Waals surface area contributed by atoms with Gasteiger partial charge in [-0.2, -0.15) is 0 Å². The third-order valence-corrected chi connectivity index (χ3v) is 6.51. The Kier molecular flexibility index (Phi) is 7.03. The van der Waals surface area contributed by atoms with Crippen molar-refractivity contribution in [1.29, 1.82) is 0 Å². The number of carbonyl (C=O) groups excluding carboxylic acids is 1. The molecule has 0 aliphatic rings. The number of alkyl halides is 1. The number of thioether (sulfide) groups is 1. The molecular weight excluding hydrogens is 426 g/mol. The van der Waals surface area contributed by atoms with Crippen molar-refractivity contribution in [2.75, 3.05) is 5.32 Å². The Hall–Kier alpha value is -1.83. The van der Waals surface area contributed by atoms with E-state index in [1.54, 1.807) is 24.2 Å². The first kappa shape index (κ1) is 21.9. The summed E-state index contributed by atoms with van der Waals surface area (Å²) in [6.07, 6.45) is 3.84. The van der Waals surface area contributed by atoms with E-state index in [2.05, 4.69) is 36.1 Å². The van der Waals surface area contributed by atoms with Gasteiger partial charge in [0, 0.05) is 5.41 Å². The lowest BCUT2D eigenvalue weighted by atomic mass is 9.94. The molecule has 3 rings (SSSR count). The minimum absolute atomic E-state index is 0.0412. The summed E-state index contributed by atoms with van der Waals surface area (Å²) in [6, 6.07) is 7.76. The standard InChI is InChI=1S/C21H24ClN3O2S2/c1-13(22)15-7-5-14(6-8-15)9-17(26)25-20-24-11-19(29-20)28-12-18-23-10-16(27-18)21(2,3)4/h5-8,10-11,13H,9,12H2,1-4H3,(H,24,25,26). The van der Waals surface area contributed by atoms with Crippen molar-refractivity contribution in [1.82, 2.24) is 9.97 Å². The molecule has 0 bridgehead atoms. The summed E-state index contributed by atoms with van der Waals surface area (Å²) in [6.45, 7) is 8.20. The van der Waals surface area contributed by atoms with Crippen LogP contribution in [-0.4, -0.2) is 15.9 Å². The zero-order valence-corrected chi connectivity index (χ0v) is 19.2. The fourth-order valence-corrected chi connectivity index (χ4v) is 4.38. The van der Waals surface area contributed by atoms with Crippen LogP contribution in [0.25, 0.3) is 0 Å². The summed E-state index contributed by atoms with van der Waals surface area (Å²) in [5.74, 6) is 2.09. The summed E-state index contributed by atoms with van der Waals surface area (Å²) < 4.78 is 6.80. The number of nitrogens with zero attached hydrogens (tertiary/aromatic N) is 2. The van der Waals surface area contributed by atoms with Crippen LogP contribution in [0.5, 0.6) is 0 Å². The van der Waals surface area contributed by atoms with Crippen molar-refractivity contribution < 1.29 is 9.21 Å². The van der Waals surface area contributed by atoms with Crippen molar-refractivity contribution in [2.45, 2.75) is 54.9 Å². The Balaban J connectivity index is 1.50. The van der Waals surface area contributed by atoms with Crippen LogP contribution in [0.3, 0.4) is 0 Å². The second kappa shape index (κ2) is 9.32. The first-order valence-corrected chi connectivity index (χ1v) is 11.5. The third-order valence-electron chi connectivity index (χ3n) is 4.17. The second-order valence-electron chi connectivity index (χ2n) is 7.72. The molecule has 0 radical (unpaired) electrons. The largest absolute Gasteiger partial charge is 0.444 e. The van der Waals surface area contributed by atoms with Gasteiger partial charge in [0.05, 0.1) is 34.2 Å². The van der Waals surface area contributed by atoms with Crippen molar-refractivity contribution in [3.8, 4) is 0 Å². The Labute approximate surface area is 184 Å². The van der Waals surface area contributed by atoms with E-state index in [0.717, 1.165) is 21.1 Å². The zero-order chi connectivity index (χ0) is 21.0. The Bertz CT molecular complexity index is 959. The number of nitrogens with one attached hydrogen (secondary N) is 1. The van der Waals surface area contributed by atoms with Crippen LogP contribution >= 0.6 is 34.7 Å². The monoisotopic (exact) mass is 449 g/mol. The number of aromatic nitrogens is 2. The summed E-state index contributed by atoms with van der Waals surface area (Å²) in [5.41, 5.74) is 1.92. The lowest BCUT2D eigenvalue weighted by Gasteiger charge is -2.12. The molecule has 0 saturated carbocycles. The Morgan fingerprint density at radius 3 is 2.59 bits per heavy atom. The minimum atomic E-state index is -0.0925. The molecule has 0 fully saturated rings. The van der Waals surface area contributed by atoms with Crippen LogP contribution in [0, 0.1) is 0 Å². The predicted octanol–water partition coefficient (Wildman–Crippen LogP) is 6.20. The topological polar surface area (TPSA) is 68.0 Å². The summed E-state index contributed by atoms with van der Waals surface area (Å²) >= 11 is 9.09. The van der Waals surface area contributed by atoms with Gasteiger partial charge < -0.3 is 9.73 Å². The number of halogens is 1. The van der Waals surface area contributed by atoms with Gasteiger partial charge in [-0.25, -0.2) is 9.97 Å². The van der Waals surface area contributed by atoms with E-state index < -0.39 is 0 Å². The molecule has 3 aromatic rings. The molecule has 1 amide bonds. The summed E-state index contributed by atoms with van der Waals surface area (Å²) in [7, 11) is 0. The van der Waals surface area contributed by atoms with Crippen molar-refractivity contribution in [3.63, 3.8) is 0 Å². The highest BCUT2D eigenvalue weighted by Crippen LogP contribution is 2.31. The average Bonchev–Trinajstić information content (AvgIpc) is 3.29. The molecule has 0 aliphatic carbocycles. The molecule has 5 nitrogen and oxygen atoms in total. The van der Waals surface area contributed by atoms with Crippen molar-refractivity contribution >= 4 is 45.7 Å². The molecule has 8 heteroatoms. The van der Waals surface area contributed by atoms with Gasteiger partial charge in [-0.05, 0) is 18.1 Å². The first-order valence-electron chi connectivity index (χ1n) is 9.27. The number of hydrogen-bond acceptors (Lipinski definition) is 6. The van der Waals surface area contributed by atoms with Gasteiger partial charge in [0.2, 0.25) is 11.8 Å². The van der Waals surface area contributed by atoms with Gasteiger partial charge in [-0.3, -0.25) is 4.79 Å². The van der Waals surface area contributed by atoms with Crippen LogP contribution in [0.4, 0.5) is 5.13 Å². The lowest BCUT2D eigenvalue weighted by Crippen LogP contribution is -2.14. The van der Waals surface area contributed by atoms with E-state index in [1.807, 2.05) is 31.2 Å². The number of rotatable bonds is 7. The van der Waals surface area contributed by atoms with Gasteiger partial charge in [-0.15, -0.1) is 23.4 Å². The fraction of sp³-hybridized carbons (Fsp3) is 0.381. The van der Waals surface area contributed by atoms with Crippen molar-refractivity contribution in [2.24, 2.45) is 0 Å². The number of thiazole rings is 1. The number of anilines is 1. The van der Waals surface area contributed by atoms with Crippen LogP contribution in [0.15, 0.2) is 45.3 Å². The van der Waals surface area contributed by atoms with E-state index in [1.165, 1.54) is 11.3 Å². The SMILES string of the molecule is CC(Cl)c1ccc(CC(=O)Nc2ncc(SCc3ncc(C(C)(C)C)o3)s2)cc1. The highest BCUT2D eigenvalue weighted by molar-refractivity contribution is 8.00. The van der Waals surface area contributed by atoms with Gasteiger partial charge >= 0.3 is 0 Å². The van der Waals surface area contributed by atoms with Crippen LogP contribution in [0.1, 0.15) is 55.8 Å². The maximum Gasteiger partial charge on any atom is 0.230 e. The van der Waals surface area contributed by atoms with Gasteiger partial charge in [0.25, 0.3) is 0 Å². The maximum absolute atomic E-state index is 12.3. The molecule has 1 atom stereocenters. The maximum atomic E-state index is 12.3. The van der Waals surface area contributed by atoms with E-state index >= 15 is 0 Å². The summed E-state index contributed by atoms with van der Waals surface area (Å²) in [5, 5.41) is 3.41. The molecule has 2 aromatic heterocycles. The molecule has 154 valence electrons. The molecule has 0 aliphatic heterocycles. The van der Waals surface area contributed by atoms with E-state index in [4.69, 9.17) is 16.0 Å². The number of hydrogen-bond donors (Lipinski definition) is 1. The highest BCUT2D eigenvalue weighted by atomic mass is 35.5. The van der Waals surface area contributed by atoms with E-state index in [0.29, 0.717) is 23.2 Å². The fourth-order valence-electron chi connectivity index (χ4n) is 2.49. The summed E-state index contributed by atoms with van der Waals surface area (Å²) in [4.78, 5) is 20.9. The van der Waals surface area contributed by atoms with Crippen molar-refractivity contribution in [3.05, 3.63) is 59.4 Å². The lowest BCUT2D eigenvalue weighted by molar-refractivity contribution is -0.115. The molecule has 0 saturated heterocycles. The quantitative estimate of drug-likeness (QED) is 0.343. The number of oxazole rings is 1. The van der Waals surface area contributed by atoms with Gasteiger partial charge in [0.1, 0.15) is 5.76 Å². The second-order valence-corrected chi connectivity index (χ2v) is 10.7. The molecule has 29 heavy (non-hydrogen) atoms. The Morgan fingerprint density at radius 2 is 1.97 bits per heavy atom. The van der Waals surface area contributed by atoms with Gasteiger partial charge in [0.15, 0.2) is 5.13 Å². The minimum Gasteiger partial charge on any atom is -0.444 e. The number of amides is 1. The van der Waals surface area contributed by atoms with Crippen LogP contribution in [0.2, 0.25) is 0 Å². The smallest absolute Gasteiger partial charge is 0.230 e. The van der Waals surface area contributed by atoms with E-state index in [9.17, 15) is 4.79 Å². The molecule has 0 spiro atoms. The zero-order valence-electron chi connectivity index (χ0n) is 16.9. The Morgan fingerprint density at radius 1 is 1.24 bits per heavy atom. The third kappa shape index (κ3) is 6.32. The molecule has 2 heterocycles. The molecule has 1 aromatic carbocycles. The molecular formula is C21H24ClN3O2S2. The highest BCUT2D eigenvalue weighted by Gasteiger charge is 2.19. The van der Waals surface area contributed by atoms with Gasteiger partial charge in [-0.1, -0.05) is 56.4 Å². The van der Waals surface area contributed by atoms with Crippen LogP contribution in [-0.2, 0) is 22.4 Å². The molecule has 1 unspecified atom stereocenters. The predicted molar refractivity (Wildman–Crippen MR) is 120 cm³/mol. The average molecular weight is 450 g/mol. The number of carbonyl (C=O) groups is 1. The van der Waals surface area contributed by atoms with Crippen LogP contribution < -0.4 is 5.32 Å².